The van der Waals surface area contributed by atoms with Gasteiger partial charge in [0.25, 0.3) is 5.91 Å². The molecule has 0 aliphatic heterocycles. The number of rotatable bonds is 4. The molecule has 0 aliphatic rings. The van der Waals surface area contributed by atoms with Gasteiger partial charge in [0, 0.05) is 18.7 Å². The van der Waals surface area contributed by atoms with E-state index in [4.69, 9.17) is 0 Å². The van der Waals surface area contributed by atoms with E-state index in [0.29, 0.717) is 5.56 Å². The van der Waals surface area contributed by atoms with Crippen molar-refractivity contribution in [1.82, 2.24) is 5.32 Å². The highest BCUT2D eigenvalue weighted by atomic mass is 19.4. The summed E-state index contributed by atoms with van der Waals surface area (Å²) in [5.74, 6) is -2.33. The van der Waals surface area contributed by atoms with E-state index in [0.717, 1.165) is 24.3 Å². The predicted molar refractivity (Wildman–Crippen MR) is 78.9 cm³/mol. The summed E-state index contributed by atoms with van der Waals surface area (Å²) in [5, 5.41) is 30.8. The molecule has 0 radical (unpaired) electrons. The fraction of sp³-hybridized carbons (Fsp3) is 0.188. The molecule has 2 aromatic rings. The third-order valence-corrected chi connectivity index (χ3v) is 3.29. The molecule has 0 atom stereocenters. The highest BCUT2D eigenvalue weighted by Gasteiger charge is 2.29. The van der Waals surface area contributed by atoms with Gasteiger partial charge in [-0.25, -0.2) is 0 Å². The Labute approximate surface area is 135 Å². The first kappa shape index (κ1) is 17.5. The summed E-state index contributed by atoms with van der Waals surface area (Å²) in [6, 6.07) is 6.34. The number of phenolic OH excluding ortho intramolecular Hbond substituents is 3. The molecule has 0 fully saturated rings. The van der Waals surface area contributed by atoms with Gasteiger partial charge < -0.3 is 20.6 Å². The van der Waals surface area contributed by atoms with Gasteiger partial charge in [0.15, 0.2) is 0 Å². The van der Waals surface area contributed by atoms with Gasteiger partial charge >= 0.3 is 6.18 Å². The highest BCUT2D eigenvalue weighted by Crippen LogP contribution is 2.31. The number of halogens is 3. The zero-order chi connectivity index (χ0) is 17.9. The lowest BCUT2D eigenvalue weighted by molar-refractivity contribution is -0.137. The second kappa shape index (κ2) is 6.69. The lowest BCUT2D eigenvalue weighted by atomic mass is 10.1. The molecule has 0 saturated carbocycles. The number of carbonyl (C=O) groups excluding carboxylic acids is 1. The van der Waals surface area contributed by atoms with Crippen molar-refractivity contribution in [1.29, 1.82) is 0 Å². The predicted octanol–water partition coefficient (Wildman–Crippen LogP) is 2.79. The van der Waals surface area contributed by atoms with Crippen molar-refractivity contribution < 1.29 is 33.3 Å². The molecular weight excluding hydrogens is 327 g/mol. The Morgan fingerprint density at radius 3 is 2.04 bits per heavy atom. The molecule has 0 heterocycles. The Balaban J connectivity index is 1.96. The number of hydrogen-bond donors (Lipinski definition) is 4. The molecule has 0 saturated heterocycles. The van der Waals surface area contributed by atoms with Crippen LogP contribution in [0.1, 0.15) is 21.5 Å². The van der Waals surface area contributed by atoms with Crippen LogP contribution in [0.15, 0.2) is 36.4 Å². The lowest BCUT2D eigenvalue weighted by Gasteiger charge is -2.10. The van der Waals surface area contributed by atoms with E-state index in [1.54, 1.807) is 0 Å². The molecule has 4 N–H and O–H groups in total. The molecule has 1 amide bonds. The molecule has 0 unspecified atom stereocenters. The van der Waals surface area contributed by atoms with Crippen LogP contribution >= 0.6 is 0 Å². The first-order chi connectivity index (χ1) is 11.2. The monoisotopic (exact) mass is 341 g/mol. The van der Waals surface area contributed by atoms with Crippen molar-refractivity contribution in [2.24, 2.45) is 0 Å². The largest absolute Gasteiger partial charge is 0.508 e. The summed E-state index contributed by atoms with van der Waals surface area (Å²) in [4.78, 5) is 11.9. The summed E-state index contributed by atoms with van der Waals surface area (Å²) in [6.07, 6.45) is -4.13. The average molecular weight is 341 g/mol. The number of aromatic hydroxyl groups is 3. The molecule has 128 valence electrons. The van der Waals surface area contributed by atoms with Crippen LogP contribution in [0.4, 0.5) is 13.2 Å². The highest BCUT2D eigenvalue weighted by molar-refractivity contribution is 5.99. The van der Waals surface area contributed by atoms with Crippen LogP contribution in [0.2, 0.25) is 0 Å². The third kappa shape index (κ3) is 4.09. The Morgan fingerprint density at radius 1 is 1.00 bits per heavy atom. The third-order valence-electron chi connectivity index (χ3n) is 3.29. The van der Waals surface area contributed by atoms with Crippen molar-refractivity contribution in [3.63, 3.8) is 0 Å². The van der Waals surface area contributed by atoms with Gasteiger partial charge in [0.05, 0.1) is 5.56 Å². The average Bonchev–Trinajstić information content (AvgIpc) is 2.45. The lowest BCUT2D eigenvalue weighted by Crippen LogP contribution is -2.25. The summed E-state index contributed by atoms with van der Waals surface area (Å²) >= 11 is 0. The topological polar surface area (TPSA) is 89.8 Å². The second-order valence-electron chi connectivity index (χ2n) is 5.06. The van der Waals surface area contributed by atoms with Crippen molar-refractivity contribution in [2.75, 3.05) is 6.54 Å². The second-order valence-corrected chi connectivity index (χ2v) is 5.06. The summed E-state index contributed by atoms with van der Waals surface area (Å²) in [7, 11) is 0. The smallest absolute Gasteiger partial charge is 0.416 e. The van der Waals surface area contributed by atoms with Crippen LogP contribution in [0.3, 0.4) is 0 Å². The Kier molecular flexibility index (Phi) is 4.87. The first-order valence-corrected chi connectivity index (χ1v) is 6.88. The maximum atomic E-state index is 12.4. The molecule has 0 bridgehead atoms. The zero-order valence-electron chi connectivity index (χ0n) is 12.3. The molecular formula is C16H14F3NO4. The van der Waals surface area contributed by atoms with Crippen LogP contribution in [0.5, 0.6) is 17.2 Å². The van der Waals surface area contributed by atoms with Crippen LogP contribution in [0.25, 0.3) is 0 Å². The Bertz CT molecular complexity index is 719. The SMILES string of the molecule is O=C(NCCc1ccc(C(F)(F)F)cc1)c1c(O)cc(O)cc1O. The molecule has 2 rings (SSSR count). The minimum Gasteiger partial charge on any atom is -0.508 e. The number of phenols is 3. The van der Waals surface area contributed by atoms with Crippen LogP contribution in [0, 0.1) is 0 Å². The molecule has 24 heavy (non-hydrogen) atoms. The molecule has 0 spiro atoms. The van der Waals surface area contributed by atoms with Gasteiger partial charge in [0.2, 0.25) is 0 Å². The molecule has 5 nitrogen and oxygen atoms in total. The minimum absolute atomic E-state index is 0.0873. The fourth-order valence-electron chi connectivity index (χ4n) is 2.10. The van der Waals surface area contributed by atoms with Gasteiger partial charge in [0.1, 0.15) is 22.8 Å². The van der Waals surface area contributed by atoms with E-state index < -0.39 is 34.9 Å². The van der Waals surface area contributed by atoms with Crippen molar-refractivity contribution in [2.45, 2.75) is 12.6 Å². The number of alkyl halides is 3. The first-order valence-electron chi connectivity index (χ1n) is 6.88. The van der Waals surface area contributed by atoms with E-state index in [1.165, 1.54) is 12.1 Å². The van der Waals surface area contributed by atoms with Gasteiger partial charge in [-0.3, -0.25) is 4.79 Å². The normalized spacial score (nSPS) is 11.3. The number of hydrogen-bond acceptors (Lipinski definition) is 4. The molecule has 0 aromatic heterocycles. The Hall–Kier alpha value is -2.90. The number of benzene rings is 2. The van der Waals surface area contributed by atoms with Crippen molar-refractivity contribution in [3.8, 4) is 17.2 Å². The van der Waals surface area contributed by atoms with E-state index in [-0.39, 0.29) is 18.5 Å². The Morgan fingerprint density at radius 2 is 1.54 bits per heavy atom. The molecule has 0 aliphatic carbocycles. The van der Waals surface area contributed by atoms with Crippen LogP contribution < -0.4 is 5.32 Å². The van der Waals surface area contributed by atoms with Gasteiger partial charge in [-0.1, -0.05) is 12.1 Å². The molecule has 8 heteroatoms. The zero-order valence-corrected chi connectivity index (χ0v) is 12.3. The van der Waals surface area contributed by atoms with Crippen LogP contribution in [-0.4, -0.2) is 27.8 Å². The van der Waals surface area contributed by atoms with Crippen molar-refractivity contribution in [3.05, 3.63) is 53.1 Å². The van der Waals surface area contributed by atoms with Gasteiger partial charge in [-0.2, -0.15) is 13.2 Å². The fourth-order valence-corrected chi connectivity index (χ4v) is 2.10. The number of carbonyl (C=O) groups is 1. The summed E-state index contributed by atoms with van der Waals surface area (Å²) in [6.45, 7) is 0.0873. The number of amides is 1. The molecule has 2 aromatic carbocycles. The van der Waals surface area contributed by atoms with Gasteiger partial charge in [-0.15, -0.1) is 0 Å². The summed E-state index contributed by atoms with van der Waals surface area (Å²) in [5.41, 5.74) is -0.558. The number of nitrogens with one attached hydrogen (secondary N) is 1. The van der Waals surface area contributed by atoms with Crippen LogP contribution in [-0.2, 0) is 12.6 Å². The van der Waals surface area contributed by atoms with Gasteiger partial charge in [-0.05, 0) is 24.1 Å². The van der Waals surface area contributed by atoms with E-state index >= 15 is 0 Å². The standard InChI is InChI=1S/C16H14F3NO4/c17-16(18,19)10-3-1-9(2-4-10)5-6-20-15(24)14-12(22)7-11(21)8-13(14)23/h1-4,7-8,21-23H,5-6H2,(H,20,24). The quantitative estimate of drug-likeness (QED) is 0.688. The van der Waals surface area contributed by atoms with E-state index in [1.807, 2.05) is 0 Å². The summed E-state index contributed by atoms with van der Waals surface area (Å²) < 4.78 is 37.3. The van der Waals surface area contributed by atoms with E-state index in [9.17, 15) is 33.3 Å². The van der Waals surface area contributed by atoms with E-state index in [2.05, 4.69) is 5.32 Å². The van der Waals surface area contributed by atoms with Crippen molar-refractivity contribution >= 4 is 5.91 Å². The maximum absolute atomic E-state index is 12.4. The minimum atomic E-state index is -4.40. The maximum Gasteiger partial charge on any atom is 0.416 e.